The fourth-order valence-corrected chi connectivity index (χ4v) is 2.33. The first-order chi connectivity index (χ1) is 10.8. The van der Waals surface area contributed by atoms with Crippen molar-refractivity contribution in [2.45, 2.75) is 31.5 Å². The highest BCUT2D eigenvalue weighted by atomic mass is 16.5. The minimum atomic E-state index is -1.36. The molecular formula is C13H22N4O6. The van der Waals surface area contributed by atoms with Crippen LogP contribution in [0.3, 0.4) is 0 Å². The fourth-order valence-electron chi connectivity index (χ4n) is 2.33. The number of aliphatic hydroxyl groups is 3. The van der Waals surface area contributed by atoms with E-state index in [9.17, 15) is 20.1 Å². The van der Waals surface area contributed by atoms with Crippen molar-refractivity contribution in [1.29, 1.82) is 0 Å². The second-order valence-corrected chi connectivity index (χ2v) is 5.41. The average Bonchev–Trinajstić information content (AvgIpc) is 2.49. The molecule has 130 valence electrons. The van der Waals surface area contributed by atoms with Crippen LogP contribution in [0.1, 0.15) is 6.92 Å². The molecule has 23 heavy (non-hydrogen) atoms. The maximum atomic E-state index is 11.3. The summed E-state index contributed by atoms with van der Waals surface area (Å²) in [5.74, 6) is -0.0212. The third kappa shape index (κ3) is 3.91. The van der Waals surface area contributed by atoms with E-state index < -0.39 is 24.5 Å². The molecule has 1 fully saturated rings. The molecule has 0 radical (unpaired) electrons. The second-order valence-electron chi connectivity index (χ2n) is 5.41. The van der Waals surface area contributed by atoms with E-state index >= 15 is 0 Å². The fraction of sp³-hybridized carbons (Fsp3) is 0.692. The number of nitrogens with zero attached hydrogens (tertiary/aromatic N) is 2. The van der Waals surface area contributed by atoms with Crippen molar-refractivity contribution in [3.8, 4) is 0 Å². The maximum Gasteiger partial charge on any atom is 0.293 e. The Labute approximate surface area is 133 Å². The van der Waals surface area contributed by atoms with Gasteiger partial charge in [0.2, 0.25) is 5.91 Å². The standard InChI is InChI=1S/C13H22N4O6/c1-6(18)14-7-4-17(2)13(22-3)16-11(7)15-12-10(21)9(20)8(19)5-23-12/h8-10,12,15,19-21H,4-5H2,1-3H3,(H,14,18)/t8-,9-,10+,12-/m1/s1. The van der Waals surface area contributed by atoms with Gasteiger partial charge in [0, 0.05) is 14.0 Å². The number of hydrogen-bond acceptors (Lipinski definition) is 9. The molecule has 5 N–H and O–H groups in total. The third-order valence-corrected chi connectivity index (χ3v) is 3.50. The van der Waals surface area contributed by atoms with Crippen molar-refractivity contribution in [1.82, 2.24) is 15.5 Å². The SMILES string of the molecule is COC1=NC(N[C@@H]2OC[C@@H](O)[C@@H](O)[C@@H]2O)=C(NC(C)=O)CN1C. The molecule has 2 aliphatic rings. The summed E-state index contributed by atoms with van der Waals surface area (Å²) in [6.45, 7) is 1.55. The number of ether oxygens (including phenoxy) is 2. The Morgan fingerprint density at radius 3 is 2.70 bits per heavy atom. The number of hydrogen-bond donors (Lipinski definition) is 5. The number of likely N-dealkylation sites (N-methyl/N-ethyl adjacent to an activating group) is 1. The third-order valence-electron chi connectivity index (χ3n) is 3.50. The monoisotopic (exact) mass is 330 g/mol. The van der Waals surface area contributed by atoms with Gasteiger partial charge >= 0.3 is 0 Å². The van der Waals surface area contributed by atoms with Gasteiger partial charge in [0.15, 0.2) is 12.0 Å². The number of aliphatic imine (C=N–C) groups is 1. The lowest BCUT2D eigenvalue weighted by molar-refractivity contribution is -0.193. The molecule has 2 rings (SSSR count). The van der Waals surface area contributed by atoms with Gasteiger partial charge in [-0.2, -0.15) is 4.99 Å². The van der Waals surface area contributed by atoms with Gasteiger partial charge in [-0.3, -0.25) is 4.79 Å². The van der Waals surface area contributed by atoms with Crippen LogP contribution in [-0.4, -0.2) is 84.0 Å². The topological polar surface area (TPSA) is 136 Å². The van der Waals surface area contributed by atoms with Crippen LogP contribution in [0.4, 0.5) is 0 Å². The minimum absolute atomic E-state index is 0.139. The molecule has 1 saturated heterocycles. The molecule has 0 spiro atoms. The van der Waals surface area contributed by atoms with Gasteiger partial charge in [0.1, 0.15) is 18.3 Å². The van der Waals surface area contributed by atoms with E-state index in [1.54, 1.807) is 11.9 Å². The van der Waals surface area contributed by atoms with E-state index in [4.69, 9.17) is 9.47 Å². The first-order valence-electron chi connectivity index (χ1n) is 7.10. The molecule has 10 nitrogen and oxygen atoms in total. The van der Waals surface area contributed by atoms with Crippen molar-refractivity contribution >= 4 is 11.9 Å². The van der Waals surface area contributed by atoms with Gasteiger partial charge < -0.3 is 40.3 Å². The van der Waals surface area contributed by atoms with Gasteiger partial charge in [0.05, 0.1) is 26.0 Å². The molecule has 0 unspecified atom stereocenters. The zero-order valence-corrected chi connectivity index (χ0v) is 13.2. The van der Waals surface area contributed by atoms with Crippen LogP contribution in [0, 0.1) is 0 Å². The summed E-state index contributed by atoms with van der Waals surface area (Å²) in [6.07, 6.45) is -4.85. The number of nitrogens with one attached hydrogen (secondary N) is 2. The smallest absolute Gasteiger partial charge is 0.293 e. The normalized spacial score (nSPS) is 31.6. The van der Waals surface area contributed by atoms with E-state index in [2.05, 4.69) is 15.6 Å². The lowest BCUT2D eigenvalue weighted by Crippen LogP contribution is -2.58. The molecule has 2 aliphatic heterocycles. The molecule has 0 aliphatic carbocycles. The Kier molecular flexibility index (Phi) is 5.42. The number of aliphatic hydroxyl groups excluding tert-OH is 3. The number of carbonyl (C=O) groups is 1. The number of amidine groups is 1. The number of carbonyl (C=O) groups excluding carboxylic acids is 1. The van der Waals surface area contributed by atoms with Crippen LogP contribution in [0.2, 0.25) is 0 Å². The van der Waals surface area contributed by atoms with Gasteiger partial charge in [-0.05, 0) is 0 Å². The van der Waals surface area contributed by atoms with Gasteiger partial charge in [0.25, 0.3) is 6.02 Å². The van der Waals surface area contributed by atoms with Crippen molar-refractivity contribution in [3.05, 3.63) is 11.5 Å². The summed E-state index contributed by atoms with van der Waals surface area (Å²) < 4.78 is 10.4. The first kappa shape index (κ1) is 17.5. The summed E-state index contributed by atoms with van der Waals surface area (Å²) in [7, 11) is 3.20. The van der Waals surface area contributed by atoms with E-state index in [1.807, 2.05) is 0 Å². The molecule has 2 heterocycles. The highest BCUT2D eigenvalue weighted by Gasteiger charge is 2.38. The quantitative estimate of drug-likeness (QED) is 0.376. The summed E-state index contributed by atoms with van der Waals surface area (Å²) >= 11 is 0. The zero-order valence-electron chi connectivity index (χ0n) is 13.2. The Bertz CT molecular complexity index is 523. The van der Waals surface area contributed by atoms with Crippen molar-refractivity contribution < 1.29 is 29.6 Å². The highest BCUT2D eigenvalue weighted by Crippen LogP contribution is 2.18. The van der Waals surface area contributed by atoms with Crippen LogP contribution in [0.15, 0.2) is 16.5 Å². The van der Waals surface area contributed by atoms with E-state index in [0.717, 1.165) is 0 Å². The van der Waals surface area contributed by atoms with E-state index in [0.29, 0.717) is 18.3 Å². The molecule has 4 atom stereocenters. The van der Waals surface area contributed by atoms with E-state index in [1.165, 1.54) is 14.0 Å². The lowest BCUT2D eigenvalue weighted by atomic mass is 10.0. The predicted molar refractivity (Wildman–Crippen MR) is 78.8 cm³/mol. The van der Waals surface area contributed by atoms with Crippen LogP contribution in [0.25, 0.3) is 0 Å². The van der Waals surface area contributed by atoms with Gasteiger partial charge in [-0.25, -0.2) is 0 Å². The van der Waals surface area contributed by atoms with Gasteiger partial charge in [-0.15, -0.1) is 0 Å². The van der Waals surface area contributed by atoms with Crippen molar-refractivity contribution in [2.75, 3.05) is 27.3 Å². The number of rotatable bonds is 3. The number of methoxy groups -OCH3 is 1. The molecule has 0 aromatic carbocycles. The Balaban J connectivity index is 2.22. The Morgan fingerprint density at radius 1 is 1.39 bits per heavy atom. The summed E-state index contributed by atoms with van der Waals surface area (Å²) in [6, 6.07) is 0.312. The first-order valence-corrected chi connectivity index (χ1v) is 7.10. The number of amides is 1. The summed E-state index contributed by atoms with van der Waals surface area (Å²) in [4.78, 5) is 17.3. The Morgan fingerprint density at radius 2 is 2.09 bits per heavy atom. The maximum absolute atomic E-state index is 11.3. The lowest BCUT2D eigenvalue weighted by Gasteiger charge is -2.37. The van der Waals surface area contributed by atoms with Crippen LogP contribution in [-0.2, 0) is 14.3 Å². The summed E-state index contributed by atoms with van der Waals surface area (Å²) in [5.41, 5.74) is 0.470. The molecule has 0 bridgehead atoms. The molecule has 1 amide bonds. The van der Waals surface area contributed by atoms with Crippen LogP contribution in [0.5, 0.6) is 0 Å². The van der Waals surface area contributed by atoms with Crippen LogP contribution >= 0.6 is 0 Å². The highest BCUT2D eigenvalue weighted by molar-refractivity contribution is 5.79. The molecule has 10 heteroatoms. The summed E-state index contributed by atoms with van der Waals surface area (Å²) in [5, 5.41) is 34.7. The average molecular weight is 330 g/mol. The Hall–Kier alpha value is -1.88. The predicted octanol–water partition coefficient (Wildman–Crippen LogP) is -2.73. The van der Waals surface area contributed by atoms with Crippen molar-refractivity contribution in [3.63, 3.8) is 0 Å². The molecule has 0 saturated carbocycles. The van der Waals surface area contributed by atoms with E-state index in [-0.39, 0.29) is 18.3 Å². The largest absolute Gasteiger partial charge is 0.468 e. The molecular weight excluding hydrogens is 308 g/mol. The molecule has 0 aromatic heterocycles. The minimum Gasteiger partial charge on any atom is -0.468 e. The van der Waals surface area contributed by atoms with Crippen molar-refractivity contribution in [2.24, 2.45) is 4.99 Å². The second kappa shape index (κ2) is 7.13. The van der Waals surface area contributed by atoms with Gasteiger partial charge in [-0.1, -0.05) is 0 Å². The van der Waals surface area contributed by atoms with Crippen LogP contribution < -0.4 is 10.6 Å². The zero-order chi connectivity index (χ0) is 17.1. The molecule has 0 aromatic rings.